The fraction of sp³-hybridized carbons (Fsp3) is 0.462. The number of carbonyl (C=O) groups excluding carboxylic acids is 1. The Labute approximate surface area is 109 Å². The first-order valence-corrected chi connectivity index (χ1v) is 6.13. The molecule has 104 valence electrons. The molecule has 1 aliphatic heterocycles. The second-order valence-corrected chi connectivity index (χ2v) is 4.91. The lowest BCUT2D eigenvalue weighted by Gasteiger charge is -2.33. The number of carbonyl (C=O) groups is 1. The van der Waals surface area contributed by atoms with Crippen molar-refractivity contribution in [1.82, 2.24) is 5.32 Å². The largest absolute Gasteiger partial charge is 0.320 e. The van der Waals surface area contributed by atoms with E-state index < -0.39 is 34.6 Å². The molecule has 1 aliphatic rings. The fourth-order valence-corrected chi connectivity index (χ4v) is 2.16. The van der Waals surface area contributed by atoms with Gasteiger partial charge < -0.3 is 10.6 Å². The zero-order valence-electron chi connectivity index (χ0n) is 10.5. The van der Waals surface area contributed by atoms with Crippen molar-refractivity contribution in [3.05, 3.63) is 29.6 Å². The maximum Gasteiger partial charge on any atom is 0.244 e. The average molecular weight is 272 g/mol. The summed E-state index contributed by atoms with van der Waals surface area (Å²) in [7, 11) is 0. The molecule has 0 radical (unpaired) electrons. The van der Waals surface area contributed by atoms with Crippen molar-refractivity contribution in [3.8, 4) is 0 Å². The number of hydrogen-bond donors (Lipinski definition) is 2. The maximum atomic E-state index is 13.4. The topological polar surface area (TPSA) is 41.1 Å². The van der Waals surface area contributed by atoms with E-state index >= 15 is 0 Å². The molecule has 1 fully saturated rings. The van der Waals surface area contributed by atoms with Crippen LogP contribution >= 0.6 is 0 Å². The number of halogens is 3. The van der Waals surface area contributed by atoms with E-state index in [-0.39, 0.29) is 0 Å². The lowest BCUT2D eigenvalue weighted by molar-refractivity contribution is -0.122. The third-order valence-electron chi connectivity index (χ3n) is 3.37. The molecule has 1 amide bonds. The molecule has 0 saturated carbocycles. The highest BCUT2D eigenvalue weighted by Gasteiger charge is 2.35. The summed E-state index contributed by atoms with van der Waals surface area (Å²) in [6, 6.07) is 1.07. The smallest absolute Gasteiger partial charge is 0.244 e. The van der Waals surface area contributed by atoms with E-state index in [0.29, 0.717) is 25.1 Å². The third-order valence-corrected chi connectivity index (χ3v) is 3.37. The average Bonchev–Trinajstić information content (AvgIpc) is 2.34. The first-order chi connectivity index (χ1) is 8.92. The molecular weight excluding hydrogens is 257 g/mol. The van der Waals surface area contributed by atoms with Crippen LogP contribution in [0.2, 0.25) is 0 Å². The van der Waals surface area contributed by atoms with Gasteiger partial charge in [0.15, 0.2) is 11.6 Å². The normalized spacial score (nSPS) is 23.2. The van der Waals surface area contributed by atoms with Crippen molar-refractivity contribution >= 4 is 11.6 Å². The summed E-state index contributed by atoms with van der Waals surface area (Å²) >= 11 is 0. The Balaban J connectivity index is 2.19. The predicted octanol–water partition coefficient (Wildman–Crippen LogP) is 2.57. The number of nitrogens with one attached hydrogen (secondary N) is 2. The van der Waals surface area contributed by atoms with Crippen molar-refractivity contribution in [2.45, 2.75) is 31.7 Å². The maximum absolute atomic E-state index is 13.4. The van der Waals surface area contributed by atoms with Gasteiger partial charge in [-0.3, -0.25) is 4.79 Å². The molecule has 1 saturated heterocycles. The summed E-state index contributed by atoms with van der Waals surface area (Å²) < 4.78 is 39.7. The quantitative estimate of drug-likeness (QED) is 0.868. The summed E-state index contributed by atoms with van der Waals surface area (Å²) in [5.74, 6) is -3.78. The van der Waals surface area contributed by atoms with Gasteiger partial charge in [-0.1, -0.05) is 0 Å². The summed E-state index contributed by atoms with van der Waals surface area (Å²) in [5, 5.41) is 5.23. The number of benzene rings is 1. The van der Waals surface area contributed by atoms with Crippen molar-refractivity contribution in [2.24, 2.45) is 0 Å². The molecule has 1 aromatic carbocycles. The molecule has 0 bridgehead atoms. The molecule has 3 nitrogen and oxygen atoms in total. The lowest BCUT2D eigenvalue weighted by Crippen LogP contribution is -2.54. The Morgan fingerprint density at radius 3 is 2.42 bits per heavy atom. The summed E-state index contributed by atoms with van der Waals surface area (Å²) in [6.45, 7) is 2.36. The zero-order valence-corrected chi connectivity index (χ0v) is 10.5. The third kappa shape index (κ3) is 2.89. The van der Waals surface area contributed by atoms with Gasteiger partial charge in [-0.05, 0) is 32.7 Å². The highest BCUT2D eigenvalue weighted by atomic mass is 19.1. The monoisotopic (exact) mass is 272 g/mol. The van der Waals surface area contributed by atoms with Crippen molar-refractivity contribution in [3.63, 3.8) is 0 Å². The van der Waals surface area contributed by atoms with Gasteiger partial charge in [-0.15, -0.1) is 0 Å². The van der Waals surface area contributed by atoms with Crippen LogP contribution in [-0.4, -0.2) is 18.0 Å². The fourth-order valence-electron chi connectivity index (χ4n) is 2.16. The van der Waals surface area contributed by atoms with E-state index in [1.807, 2.05) is 0 Å². The molecule has 1 unspecified atom stereocenters. The minimum absolute atomic E-state index is 0.517. The minimum Gasteiger partial charge on any atom is -0.320 e. The van der Waals surface area contributed by atoms with Crippen LogP contribution in [-0.2, 0) is 4.79 Å². The van der Waals surface area contributed by atoms with E-state index in [0.717, 1.165) is 12.8 Å². The van der Waals surface area contributed by atoms with Crippen LogP contribution in [0, 0.1) is 17.5 Å². The highest BCUT2D eigenvalue weighted by Crippen LogP contribution is 2.24. The molecule has 2 N–H and O–H groups in total. The van der Waals surface area contributed by atoms with E-state index in [1.54, 1.807) is 6.92 Å². The van der Waals surface area contributed by atoms with Crippen LogP contribution in [0.15, 0.2) is 12.1 Å². The second-order valence-electron chi connectivity index (χ2n) is 4.91. The van der Waals surface area contributed by atoms with Crippen LogP contribution < -0.4 is 10.6 Å². The van der Waals surface area contributed by atoms with E-state index in [1.165, 1.54) is 0 Å². The molecule has 6 heteroatoms. The Bertz CT molecular complexity index is 476. The SMILES string of the molecule is CC1(C(=O)Nc2c(F)cc(F)cc2F)CCCCN1. The molecule has 1 heterocycles. The van der Waals surface area contributed by atoms with Gasteiger partial charge >= 0.3 is 0 Å². The lowest BCUT2D eigenvalue weighted by atomic mass is 9.90. The Kier molecular flexibility index (Phi) is 3.80. The van der Waals surface area contributed by atoms with E-state index in [4.69, 9.17) is 0 Å². The van der Waals surface area contributed by atoms with Crippen LogP contribution in [0.4, 0.5) is 18.9 Å². The van der Waals surface area contributed by atoms with Crippen LogP contribution in [0.1, 0.15) is 26.2 Å². The minimum atomic E-state index is -1.12. The number of hydrogen-bond acceptors (Lipinski definition) is 2. The second kappa shape index (κ2) is 5.21. The van der Waals surface area contributed by atoms with Crippen molar-refractivity contribution in [2.75, 3.05) is 11.9 Å². The number of amides is 1. The molecule has 1 atom stereocenters. The van der Waals surface area contributed by atoms with Gasteiger partial charge in [0.1, 0.15) is 11.5 Å². The number of rotatable bonds is 2. The molecular formula is C13H15F3N2O. The van der Waals surface area contributed by atoms with Gasteiger partial charge in [-0.25, -0.2) is 13.2 Å². The van der Waals surface area contributed by atoms with Crippen molar-refractivity contribution in [1.29, 1.82) is 0 Å². The van der Waals surface area contributed by atoms with Crippen LogP contribution in [0.5, 0.6) is 0 Å². The first-order valence-electron chi connectivity index (χ1n) is 6.13. The van der Waals surface area contributed by atoms with Gasteiger partial charge in [-0.2, -0.15) is 0 Å². The predicted molar refractivity (Wildman–Crippen MR) is 65.2 cm³/mol. The van der Waals surface area contributed by atoms with Gasteiger partial charge in [0.2, 0.25) is 5.91 Å². The molecule has 0 aromatic heterocycles. The summed E-state index contributed by atoms with van der Waals surface area (Å²) in [6.07, 6.45) is 2.41. The molecule has 0 spiro atoms. The van der Waals surface area contributed by atoms with Gasteiger partial charge in [0, 0.05) is 12.1 Å². The van der Waals surface area contributed by atoms with E-state index in [2.05, 4.69) is 10.6 Å². The first kappa shape index (κ1) is 13.9. The molecule has 2 rings (SSSR count). The Hall–Kier alpha value is -1.56. The Morgan fingerprint density at radius 1 is 1.26 bits per heavy atom. The summed E-state index contributed by atoms with van der Waals surface area (Å²) in [4.78, 5) is 12.1. The zero-order chi connectivity index (χ0) is 14.0. The standard InChI is InChI=1S/C13H15F3N2O/c1-13(4-2-3-5-17-13)12(19)18-11-9(15)6-8(14)7-10(11)16/h6-7,17H,2-5H2,1H3,(H,18,19). The van der Waals surface area contributed by atoms with Gasteiger partial charge in [0.05, 0.1) is 5.54 Å². The summed E-state index contributed by atoms with van der Waals surface area (Å²) in [5.41, 5.74) is -1.47. The Morgan fingerprint density at radius 2 is 1.89 bits per heavy atom. The number of piperidine rings is 1. The van der Waals surface area contributed by atoms with Crippen LogP contribution in [0.25, 0.3) is 0 Å². The molecule has 0 aliphatic carbocycles. The number of anilines is 1. The van der Waals surface area contributed by atoms with Gasteiger partial charge in [0.25, 0.3) is 0 Å². The molecule has 1 aromatic rings. The van der Waals surface area contributed by atoms with Crippen LogP contribution in [0.3, 0.4) is 0 Å². The van der Waals surface area contributed by atoms with E-state index in [9.17, 15) is 18.0 Å². The van der Waals surface area contributed by atoms with Crippen molar-refractivity contribution < 1.29 is 18.0 Å². The molecule has 19 heavy (non-hydrogen) atoms. The highest BCUT2D eigenvalue weighted by molar-refractivity contribution is 5.98.